The van der Waals surface area contributed by atoms with Gasteiger partial charge in [0.1, 0.15) is 23.9 Å². The molecule has 0 aliphatic carbocycles. The molecular weight excluding hydrogens is 541 g/mol. The lowest BCUT2D eigenvalue weighted by atomic mass is 9.86. The minimum atomic E-state index is -0.711. The molecule has 1 aromatic carbocycles. The summed E-state index contributed by atoms with van der Waals surface area (Å²) in [4.78, 5) is 47.0. The Morgan fingerprint density at radius 2 is 1.83 bits per heavy atom. The van der Waals surface area contributed by atoms with E-state index in [4.69, 9.17) is 4.74 Å². The number of nitrogens with one attached hydrogen (secondary N) is 1. The lowest BCUT2D eigenvalue weighted by molar-refractivity contribution is -0.142. The maximum Gasteiger partial charge on any atom is 0.302 e. The number of hydrogen-bond acceptors (Lipinski definition) is 8. The maximum atomic E-state index is 15.4. The van der Waals surface area contributed by atoms with E-state index < -0.39 is 17.3 Å². The number of pyridine rings is 2. The molecule has 1 N–H and O–H groups in total. The van der Waals surface area contributed by atoms with E-state index in [0.29, 0.717) is 27.9 Å². The summed E-state index contributed by atoms with van der Waals surface area (Å²) in [6.07, 6.45) is 7.83. The molecule has 0 radical (unpaired) electrons. The molecule has 216 valence electrons. The Hall–Kier alpha value is -5.13. The van der Waals surface area contributed by atoms with Crippen LogP contribution in [0.1, 0.15) is 38.8 Å². The minimum Gasteiger partial charge on any atom is -0.461 e. The molecule has 0 spiro atoms. The molecule has 0 unspecified atom stereocenters. The van der Waals surface area contributed by atoms with Gasteiger partial charge < -0.3 is 19.2 Å². The fraction of sp³-hybridized carbons (Fsp3) is 0.267. The van der Waals surface area contributed by atoms with E-state index in [1.807, 2.05) is 27.8 Å². The van der Waals surface area contributed by atoms with Gasteiger partial charge >= 0.3 is 5.97 Å². The number of rotatable bonds is 6. The monoisotopic (exact) mass is 571 g/mol. The van der Waals surface area contributed by atoms with Crippen LogP contribution < -0.4 is 16.4 Å². The first-order valence-electron chi connectivity index (χ1n) is 13.1. The first-order chi connectivity index (χ1) is 19.8. The summed E-state index contributed by atoms with van der Waals surface area (Å²) in [5, 5.41) is 7.59. The van der Waals surface area contributed by atoms with Gasteiger partial charge in [-0.25, -0.2) is 14.4 Å². The molecule has 4 heterocycles. The zero-order valence-corrected chi connectivity index (χ0v) is 24.1. The minimum absolute atomic E-state index is 0.0630. The van der Waals surface area contributed by atoms with Crippen molar-refractivity contribution in [2.24, 2.45) is 14.1 Å². The molecule has 4 aromatic heterocycles. The highest BCUT2D eigenvalue weighted by molar-refractivity contribution is 5.83. The fourth-order valence-corrected chi connectivity index (χ4v) is 4.63. The zero-order valence-electron chi connectivity index (χ0n) is 24.1. The first-order valence-corrected chi connectivity index (χ1v) is 13.1. The molecule has 0 aliphatic rings. The molecule has 0 bridgehead atoms. The fourth-order valence-electron chi connectivity index (χ4n) is 4.63. The average Bonchev–Trinajstić information content (AvgIpc) is 3.33. The molecule has 0 amide bonds. The summed E-state index contributed by atoms with van der Waals surface area (Å²) >= 11 is 0. The molecule has 5 rings (SSSR count). The second-order valence-electron chi connectivity index (χ2n) is 11.1. The molecular formula is C30H30FN7O4. The van der Waals surface area contributed by atoms with Gasteiger partial charge in [-0.3, -0.25) is 14.4 Å². The molecule has 0 atom stereocenters. The Kier molecular flexibility index (Phi) is 7.23. The van der Waals surface area contributed by atoms with Crippen molar-refractivity contribution in [3.8, 4) is 16.9 Å². The first kappa shape index (κ1) is 28.4. The third kappa shape index (κ3) is 5.42. The summed E-state index contributed by atoms with van der Waals surface area (Å²) < 4.78 is 24.9. The van der Waals surface area contributed by atoms with E-state index >= 15 is 4.39 Å². The summed E-state index contributed by atoms with van der Waals surface area (Å²) in [5.74, 6) is -0.674. The number of hydrogen-bond donors (Lipinski definition) is 1. The number of anilines is 2. The van der Waals surface area contributed by atoms with E-state index in [9.17, 15) is 14.4 Å². The van der Waals surface area contributed by atoms with Gasteiger partial charge in [-0.2, -0.15) is 9.78 Å². The van der Waals surface area contributed by atoms with Gasteiger partial charge in [-0.15, -0.1) is 0 Å². The van der Waals surface area contributed by atoms with Gasteiger partial charge in [0.2, 0.25) is 0 Å². The second-order valence-corrected chi connectivity index (χ2v) is 11.1. The van der Waals surface area contributed by atoms with Crippen LogP contribution in [-0.4, -0.2) is 34.9 Å². The Morgan fingerprint density at radius 3 is 2.50 bits per heavy atom. The van der Waals surface area contributed by atoms with Crippen LogP contribution in [0.5, 0.6) is 0 Å². The van der Waals surface area contributed by atoms with Gasteiger partial charge in [-0.05, 0) is 40.8 Å². The van der Waals surface area contributed by atoms with Crippen molar-refractivity contribution in [3.05, 3.63) is 93.0 Å². The van der Waals surface area contributed by atoms with Crippen LogP contribution in [0.15, 0.2) is 65.0 Å². The van der Waals surface area contributed by atoms with Gasteiger partial charge in [0, 0.05) is 56.1 Å². The molecule has 42 heavy (non-hydrogen) atoms. The van der Waals surface area contributed by atoms with Crippen LogP contribution in [0.4, 0.5) is 15.9 Å². The summed E-state index contributed by atoms with van der Waals surface area (Å²) in [5.41, 5.74) is 1.08. The predicted octanol–water partition coefficient (Wildman–Crippen LogP) is 4.12. The number of esters is 1. The second kappa shape index (κ2) is 10.7. The third-order valence-electron chi connectivity index (χ3n) is 6.82. The van der Waals surface area contributed by atoms with E-state index in [1.54, 1.807) is 48.5 Å². The highest BCUT2D eigenvalue weighted by atomic mass is 19.1. The number of carbonyl (C=O) groups is 1. The van der Waals surface area contributed by atoms with Crippen molar-refractivity contribution in [3.63, 3.8) is 0 Å². The van der Waals surface area contributed by atoms with Gasteiger partial charge in [0.25, 0.3) is 11.1 Å². The van der Waals surface area contributed by atoms with Gasteiger partial charge in [0.15, 0.2) is 5.82 Å². The Morgan fingerprint density at radius 1 is 1.07 bits per heavy atom. The summed E-state index contributed by atoms with van der Waals surface area (Å²) in [7, 11) is 3.41. The Balaban J connectivity index is 1.70. The number of imidazole rings is 1. The molecule has 12 heteroatoms. The number of halogens is 1. The quantitative estimate of drug-likeness (QED) is 0.302. The summed E-state index contributed by atoms with van der Waals surface area (Å²) in [6.45, 7) is 6.87. The number of aryl methyl sites for hydroxylation is 2. The van der Waals surface area contributed by atoms with Gasteiger partial charge in [-0.1, -0.05) is 20.8 Å². The van der Waals surface area contributed by atoms with Crippen LogP contribution >= 0.6 is 0 Å². The summed E-state index contributed by atoms with van der Waals surface area (Å²) in [6, 6.07) is 6.42. The number of carbonyl (C=O) groups excluding carboxylic acids is 1. The highest BCUT2D eigenvalue weighted by Crippen LogP contribution is 2.30. The van der Waals surface area contributed by atoms with Crippen LogP contribution in [0.2, 0.25) is 0 Å². The highest BCUT2D eigenvalue weighted by Gasteiger charge is 2.22. The standard InChI is InChI=1S/C30H30FN7O4/c1-17(39)42-15-22-21(19-10-24(28(40)37(6)13-19)35-25-14-36(5)16-33-25)7-8-32-27(22)38-29(41)26-18(12-34-38)9-20(11-23(26)31)30(2,3)4/h7-14,16,35H,15H2,1-6H3. The normalized spacial score (nSPS) is 11.6. The van der Waals surface area contributed by atoms with Crippen molar-refractivity contribution in [1.29, 1.82) is 0 Å². The van der Waals surface area contributed by atoms with Crippen molar-refractivity contribution in [2.45, 2.75) is 39.7 Å². The maximum absolute atomic E-state index is 15.4. The number of nitrogens with zero attached hydrogens (tertiary/aromatic N) is 6. The third-order valence-corrected chi connectivity index (χ3v) is 6.82. The molecule has 0 aliphatic heterocycles. The lowest BCUT2D eigenvalue weighted by Gasteiger charge is -2.20. The van der Waals surface area contributed by atoms with Crippen molar-refractivity contribution < 1.29 is 13.9 Å². The SMILES string of the molecule is CC(=O)OCc1c(-c2cc(Nc3cn(C)cn3)c(=O)n(C)c2)ccnc1-n1ncc2cc(C(C)(C)C)cc(F)c2c1=O. The zero-order chi connectivity index (χ0) is 30.3. The van der Waals surface area contributed by atoms with Crippen LogP contribution in [0.3, 0.4) is 0 Å². The number of aromatic nitrogens is 6. The smallest absolute Gasteiger partial charge is 0.302 e. The average molecular weight is 572 g/mol. The predicted molar refractivity (Wildman–Crippen MR) is 156 cm³/mol. The van der Waals surface area contributed by atoms with Crippen molar-refractivity contribution in [1.82, 2.24) is 28.9 Å². The molecule has 5 aromatic rings. The van der Waals surface area contributed by atoms with E-state index in [2.05, 4.69) is 20.4 Å². The molecule has 11 nitrogen and oxygen atoms in total. The Bertz CT molecular complexity index is 1970. The number of fused-ring (bicyclic) bond motifs is 1. The number of ether oxygens (including phenoxy) is 1. The van der Waals surface area contributed by atoms with Crippen LogP contribution in [-0.2, 0) is 35.6 Å². The van der Waals surface area contributed by atoms with Crippen LogP contribution in [0, 0.1) is 5.82 Å². The number of benzene rings is 1. The van der Waals surface area contributed by atoms with Crippen molar-refractivity contribution >= 4 is 28.2 Å². The van der Waals surface area contributed by atoms with E-state index in [0.717, 1.165) is 10.2 Å². The van der Waals surface area contributed by atoms with E-state index in [-0.39, 0.29) is 34.5 Å². The van der Waals surface area contributed by atoms with Crippen molar-refractivity contribution in [2.75, 3.05) is 5.32 Å². The van der Waals surface area contributed by atoms with Gasteiger partial charge in [0.05, 0.1) is 17.9 Å². The molecule has 0 saturated carbocycles. The molecule has 0 fully saturated rings. The topological polar surface area (TPSA) is 126 Å². The largest absolute Gasteiger partial charge is 0.461 e. The van der Waals surface area contributed by atoms with E-state index in [1.165, 1.54) is 30.0 Å². The molecule has 0 saturated heterocycles. The lowest BCUT2D eigenvalue weighted by Crippen LogP contribution is -2.25. The Labute approximate surface area is 240 Å². The van der Waals surface area contributed by atoms with Crippen LogP contribution in [0.25, 0.3) is 27.7 Å².